The van der Waals surface area contributed by atoms with Crippen LogP contribution in [0.25, 0.3) is 0 Å². The molecule has 1 aromatic heterocycles. The fraction of sp³-hybridized carbons (Fsp3) is 0.118. The minimum atomic E-state index is -4.52. The largest absolute Gasteiger partial charge is 0.485 e. The Balaban J connectivity index is 1.77. The molecule has 3 rings (SSSR count). The third-order valence-electron chi connectivity index (χ3n) is 3.28. The Hall–Kier alpha value is -3.36. The van der Waals surface area contributed by atoms with E-state index >= 15 is 0 Å². The van der Waals surface area contributed by atoms with Crippen molar-refractivity contribution in [3.8, 4) is 5.75 Å². The van der Waals surface area contributed by atoms with Crippen molar-refractivity contribution < 1.29 is 17.9 Å². The van der Waals surface area contributed by atoms with Gasteiger partial charge in [-0.1, -0.05) is 30.3 Å². The lowest BCUT2D eigenvalue weighted by Gasteiger charge is -2.13. The Labute approximate surface area is 146 Å². The number of alkyl halides is 3. The third kappa shape index (κ3) is 4.38. The van der Waals surface area contributed by atoms with E-state index in [0.29, 0.717) is 0 Å². The number of benzene rings is 2. The van der Waals surface area contributed by atoms with Crippen LogP contribution in [0.5, 0.6) is 5.75 Å². The van der Waals surface area contributed by atoms with Crippen molar-refractivity contribution in [2.75, 3.05) is 11.1 Å². The minimum absolute atomic E-state index is 0.0684. The Morgan fingerprint density at radius 2 is 1.62 bits per heavy atom. The van der Waals surface area contributed by atoms with Gasteiger partial charge in [-0.2, -0.15) is 28.1 Å². The number of para-hydroxylation sites is 2. The van der Waals surface area contributed by atoms with E-state index < -0.39 is 11.7 Å². The predicted octanol–water partition coefficient (Wildman–Crippen LogP) is 3.80. The van der Waals surface area contributed by atoms with E-state index in [1.54, 1.807) is 12.1 Å². The van der Waals surface area contributed by atoms with Gasteiger partial charge >= 0.3 is 6.18 Å². The van der Waals surface area contributed by atoms with Crippen molar-refractivity contribution in [3.05, 3.63) is 66.0 Å². The lowest BCUT2D eigenvalue weighted by Crippen LogP contribution is -2.12. The number of nitrogens with two attached hydrogens (primary N) is 1. The molecular formula is C17H14F3N5O. The van der Waals surface area contributed by atoms with Crippen molar-refractivity contribution in [2.45, 2.75) is 12.8 Å². The highest BCUT2D eigenvalue weighted by molar-refractivity contribution is 5.53. The highest BCUT2D eigenvalue weighted by atomic mass is 19.4. The first kappa shape index (κ1) is 17.5. The zero-order valence-corrected chi connectivity index (χ0v) is 13.4. The topological polar surface area (TPSA) is 86.0 Å². The Morgan fingerprint density at radius 3 is 2.35 bits per heavy atom. The van der Waals surface area contributed by atoms with E-state index in [1.165, 1.54) is 18.2 Å². The van der Waals surface area contributed by atoms with E-state index in [0.717, 1.165) is 11.8 Å². The fourth-order valence-corrected chi connectivity index (χ4v) is 2.18. The normalized spacial score (nSPS) is 11.2. The molecule has 0 amide bonds. The second-order valence-electron chi connectivity index (χ2n) is 5.21. The van der Waals surface area contributed by atoms with E-state index in [4.69, 9.17) is 10.5 Å². The molecule has 0 radical (unpaired) electrons. The molecular weight excluding hydrogens is 347 g/mol. The van der Waals surface area contributed by atoms with Crippen LogP contribution in [0.1, 0.15) is 11.4 Å². The van der Waals surface area contributed by atoms with Gasteiger partial charge < -0.3 is 15.8 Å². The molecule has 134 valence electrons. The van der Waals surface area contributed by atoms with E-state index in [9.17, 15) is 13.2 Å². The van der Waals surface area contributed by atoms with Crippen LogP contribution >= 0.6 is 0 Å². The number of rotatable bonds is 5. The molecule has 2 aromatic carbocycles. The summed E-state index contributed by atoms with van der Waals surface area (Å²) in [6.07, 6.45) is -4.52. The molecule has 0 fully saturated rings. The van der Waals surface area contributed by atoms with Gasteiger partial charge in [-0.05, 0) is 24.3 Å². The van der Waals surface area contributed by atoms with Crippen molar-refractivity contribution >= 4 is 17.6 Å². The second-order valence-corrected chi connectivity index (χ2v) is 5.21. The monoisotopic (exact) mass is 361 g/mol. The molecule has 0 saturated carbocycles. The maximum Gasteiger partial charge on any atom is 0.419 e. The number of nitrogens with zero attached hydrogens (tertiary/aromatic N) is 3. The summed E-state index contributed by atoms with van der Waals surface area (Å²) in [6, 6.07) is 14.0. The summed E-state index contributed by atoms with van der Waals surface area (Å²) in [4.78, 5) is 12.0. The molecule has 9 heteroatoms. The van der Waals surface area contributed by atoms with Gasteiger partial charge in [-0.3, -0.25) is 0 Å². The van der Waals surface area contributed by atoms with Crippen LogP contribution in [-0.4, -0.2) is 15.0 Å². The lowest BCUT2D eigenvalue weighted by molar-refractivity contribution is -0.139. The van der Waals surface area contributed by atoms with Gasteiger partial charge in [0.1, 0.15) is 12.4 Å². The summed E-state index contributed by atoms with van der Waals surface area (Å²) < 4.78 is 44.2. The van der Waals surface area contributed by atoms with Gasteiger partial charge in [0.2, 0.25) is 11.9 Å². The van der Waals surface area contributed by atoms with Crippen LogP contribution in [0.2, 0.25) is 0 Å². The zero-order valence-electron chi connectivity index (χ0n) is 13.4. The third-order valence-corrected chi connectivity index (χ3v) is 3.28. The highest BCUT2D eigenvalue weighted by Gasteiger charge is 2.34. The number of nitrogens with one attached hydrogen (secondary N) is 1. The van der Waals surface area contributed by atoms with Crippen LogP contribution in [0.15, 0.2) is 54.6 Å². The first-order valence-electron chi connectivity index (χ1n) is 7.53. The molecule has 0 aliphatic heterocycles. The zero-order chi connectivity index (χ0) is 18.6. The summed E-state index contributed by atoms with van der Waals surface area (Å²) in [5.74, 6) is -0.1000. The molecule has 3 N–H and O–H groups in total. The summed E-state index contributed by atoms with van der Waals surface area (Å²) in [6.45, 7) is -0.288. The molecule has 26 heavy (non-hydrogen) atoms. The number of nitrogen functional groups attached to an aromatic ring is 1. The Bertz CT molecular complexity index is 887. The van der Waals surface area contributed by atoms with Gasteiger partial charge in [-0.15, -0.1) is 0 Å². The predicted molar refractivity (Wildman–Crippen MR) is 89.7 cm³/mol. The standard InChI is InChI=1S/C17H14F3N5O/c18-17(19,20)12-8-4-5-9-13(12)26-10-14-23-15(21)25-16(24-14)22-11-6-2-1-3-7-11/h1-9H,10H2,(H3,21,22,23,24,25). The molecule has 0 atom stereocenters. The summed E-state index contributed by atoms with van der Waals surface area (Å²) in [5, 5.41) is 2.94. The van der Waals surface area contributed by atoms with Crippen LogP contribution in [-0.2, 0) is 12.8 Å². The molecule has 6 nitrogen and oxygen atoms in total. The summed E-state index contributed by atoms with van der Waals surface area (Å²) in [7, 11) is 0. The number of ether oxygens (including phenoxy) is 1. The van der Waals surface area contributed by atoms with Crippen molar-refractivity contribution in [2.24, 2.45) is 0 Å². The number of hydrogen-bond acceptors (Lipinski definition) is 6. The molecule has 0 spiro atoms. The number of anilines is 3. The van der Waals surface area contributed by atoms with Crippen molar-refractivity contribution in [3.63, 3.8) is 0 Å². The molecule has 3 aromatic rings. The smallest absolute Gasteiger partial charge is 0.419 e. The van der Waals surface area contributed by atoms with Crippen LogP contribution in [0.3, 0.4) is 0 Å². The molecule has 0 unspecified atom stereocenters. The SMILES string of the molecule is Nc1nc(COc2ccccc2C(F)(F)F)nc(Nc2ccccc2)n1. The van der Waals surface area contributed by atoms with E-state index in [2.05, 4.69) is 20.3 Å². The molecule has 0 aliphatic carbocycles. The summed E-state index contributed by atoms with van der Waals surface area (Å²) in [5.41, 5.74) is 5.50. The van der Waals surface area contributed by atoms with Gasteiger partial charge in [0.15, 0.2) is 5.82 Å². The van der Waals surface area contributed by atoms with Gasteiger partial charge in [0.05, 0.1) is 5.56 Å². The second kappa shape index (κ2) is 7.26. The first-order chi connectivity index (χ1) is 12.4. The van der Waals surface area contributed by atoms with Crippen LogP contribution < -0.4 is 15.8 Å². The molecule has 0 aliphatic rings. The van der Waals surface area contributed by atoms with Crippen LogP contribution in [0.4, 0.5) is 30.8 Å². The average molecular weight is 361 g/mol. The maximum atomic E-state index is 13.0. The minimum Gasteiger partial charge on any atom is -0.485 e. The van der Waals surface area contributed by atoms with Gasteiger partial charge in [0, 0.05) is 5.69 Å². The van der Waals surface area contributed by atoms with Crippen LogP contribution in [0, 0.1) is 0 Å². The number of halogens is 3. The van der Waals surface area contributed by atoms with Gasteiger partial charge in [0.25, 0.3) is 0 Å². The quantitative estimate of drug-likeness (QED) is 0.719. The van der Waals surface area contributed by atoms with Gasteiger partial charge in [-0.25, -0.2) is 0 Å². The fourth-order valence-electron chi connectivity index (χ4n) is 2.18. The Morgan fingerprint density at radius 1 is 0.923 bits per heavy atom. The molecule has 0 saturated heterocycles. The number of hydrogen-bond donors (Lipinski definition) is 2. The van der Waals surface area contributed by atoms with E-state index in [-0.39, 0.29) is 30.1 Å². The molecule has 1 heterocycles. The lowest BCUT2D eigenvalue weighted by atomic mass is 10.2. The Kier molecular flexibility index (Phi) is 4.87. The van der Waals surface area contributed by atoms with E-state index in [1.807, 2.05) is 18.2 Å². The molecule has 0 bridgehead atoms. The highest BCUT2D eigenvalue weighted by Crippen LogP contribution is 2.36. The van der Waals surface area contributed by atoms with Crippen molar-refractivity contribution in [1.29, 1.82) is 0 Å². The number of aromatic nitrogens is 3. The van der Waals surface area contributed by atoms with Crippen molar-refractivity contribution in [1.82, 2.24) is 15.0 Å². The average Bonchev–Trinajstić information content (AvgIpc) is 2.60. The summed E-state index contributed by atoms with van der Waals surface area (Å²) >= 11 is 0. The first-order valence-corrected chi connectivity index (χ1v) is 7.53. The maximum absolute atomic E-state index is 13.0.